The number of thioether (sulfide) groups is 1. The van der Waals surface area contributed by atoms with E-state index in [0.29, 0.717) is 5.88 Å². The Kier molecular flexibility index (Phi) is 5.07. The second-order valence-corrected chi connectivity index (χ2v) is 5.48. The maximum absolute atomic E-state index is 11.7. The van der Waals surface area contributed by atoms with E-state index in [4.69, 9.17) is 4.74 Å². The molecule has 0 saturated carbocycles. The van der Waals surface area contributed by atoms with E-state index in [1.165, 1.54) is 4.90 Å². The third-order valence-corrected chi connectivity index (χ3v) is 3.07. The monoisotopic (exact) mass is 271 g/mol. The molecule has 1 rings (SSSR count). The molecule has 0 saturated heterocycles. The summed E-state index contributed by atoms with van der Waals surface area (Å²) in [6, 6.07) is 0.157. The molecule has 0 aliphatic carbocycles. The summed E-state index contributed by atoms with van der Waals surface area (Å²) >= 11 is 1.70. The Morgan fingerprint density at radius 3 is 2.56 bits per heavy atom. The number of nitrogens with zero attached hydrogens (tertiary/aromatic N) is 3. The molecule has 0 fully saturated rings. The van der Waals surface area contributed by atoms with Gasteiger partial charge in [-0.1, -0.05) is 0 Å². The van der Waals surface area contributed by atoms with Crippen LogP contribution in [0.3, 0.4) is 0 Å². The number of hydrogen-bond acceptors (Lipinski definition) is 4. The van der Waals surface area contributed by atoms with Crippen LogP contribution in [-0.4, -0.2) is 41.1 Å². The van der Waals surface area contributed by atoms with Crippen molar-refractivity contribution in [2.24, 2.45) is 0 Å². The molecule has 1 heterocycles. The maximum atomic E-state index is 11.7. The summed E-state index contributed by atoms with van der Waals surface area (Å²) in [7, 11) is 3.33. The summed E-state index contributed by atoms with van der Waals surface area (Å²) in [5.41, 5.74) is 1.91. The van der Waals surface area contributed by atoms with Gasteiger partial charge in [-0.15, -0.1) is 0 Å². The number of carbonyl (C=O) groups excluding carboxylic acids is 1. The van der Waals surface area contributed by atoms with Gasteiger partial charge < -0.3 is 9.64 Å². The Labute approximate surface area is 112 Å². The average Bonchev–Trinajstić information content (AvgIpc) is 2.58. The lowest BCUT2D eigenvalue weighted by atomic mass is 10.3. The van der Waals surface area contributed by atoms with Crippen LogP contribution in [0.25, 0.3) is 0 Å². The summed E-state index contributed by atoms with van der Waals surface area (Å²) in [6.07, 6.45) is 1.65. The zero-order valence-electron chi connectivity index (χ0n) is 11.9. The van der Waals surface area contributed by atoms with Crippen molar-refractivity contribution in [1.82, 2.24) is 14.7 Å². The molecular weight excluding hydrogens is 250 g/mol. The smallest absolute Gasteiger partial charge is 0.391 e. The Morgan fingerprint density at radius 1 is 1.50 bits per heavy atom. The highest BCUT2D eigenvalue weighted by molar-refractivity contribution is 7.97. The highest BCUT2D eigenvalue weighted by Gasteiger charge is 2.20. The lowest BCUT2D eigenvalue weighted by Crippen LogP contribution is -2.26. The van der Waals surface area contributed by atoms with Gasteiger partial charge in [-0.3, -0.25) is 0 Å². The molecule has 18 heavy (non-hydrogen) atoms. The average molecular weight is 271 g/mol. The van der Waals surface area contributed by atoms with Crippen molar-refractivity contribution in [2.45, 2.75) is 32.6 Å². The van der Waals surface area contributed by atoms with Crippen LogP contribution in [-0.2, 0) is 5.75 Å². The topological polar surface area (TPSA) is 47.4 Å². The fourth-order valence-corrected chi connectivity index (χ4v) is 2.01. The fraction of sp³-hybridized carbons (Fsp3) is 0.667. The first-order valence-corrected chi connectivity index (χ1v) is 7.23. The predicted octanol–water partition coefficient (Wildman–Crippen LogP) is 2.70. The van der Waals surface area contributed by atoms with Crippen LogP contribution in [0.15, 0.2) is 0 Å². The van der Waals surface area contributed by atoms with Crippen molar-refractivity contribution >= 4 is 17.9 Å². The third kappa shape index (κ3) is 3.19. The van der Waals surface area contributed by atoms with Crippen molar-refractivity contribution in [3.05, 3.63) is 11.3 Å². The second-order valence-electron chi connectivity index (χ2n) is 4.61. The van der Waals surface area contributed by atoms with Crippen LogP contribution in [0.2, 0.25) is 0 Å². The minimum atomic E-state index is -0.379. The first-order valence-electron chi connectivity index (χ1n) is 5.84. The van der Waals surface area contributed by atoms with Crippen molar-refractivity contribution in [3.8, 4) is 5.88 Å². The summed E-state index contributed by atoms with van der Waals surface area (Å²) in [4.78, 5) is 13.1. The molecule has 102 valence electrons. The molecule has 1 aromatic heterocycles. The molecule has 0 atom stereocenters. The quantitative estimate of drug-likeness (QED) is 0.844. The zero-order valence-corrected chi connectivity index (χ0v) is 12.7. The largest absolute Gasteiger partial charge is 0.416 e. The second kappa shape index (κ2) is 6.13. The molecule has 5 nitrogen and oxygen atoms in total. The molecule has 0 aliphatic rings. The van der Waals surface area contributed by atoms with Gasteiger partial charge in [-0.05, 0) is 27.0 Å². The normalized spacial score (nSPS) is 10.8. The number of rotatable bonds is 4. The van der Waals surface area contributed by atoms with E-state index >= 15 is 0 Å². The minimum Gasteiger partial charge on any atom is -0.391 e. The van der Waals surface area contributed by atoms with Crippen LogP contribution >= 0.6 is 11.8 Å². The summed E-state index contributed by atoms with van der Waals surface area (Å²) in [6.45, 7) is 5.97. The van der Waals surface area contributed by atoms with Crippen LogP contribution in [0, 0.1) is 6.92 Å². The third-order valence-electron chi connectivity index (χ3n) is 2.51. The van der Waals surface area contributed by atoms with Gasteiger partial charge in [-0.25, -0.2) is 9.48 Å². The number of carbonyl (C=O) groups is 1. The van der Waals surface area contributed by atoms with E-state index < -0.39 is 0 Å². The Bertz CT molecular complexity index is 427. The molecule has 1 aromatic rings. The number of hydrogen-bond donors (Lipinski definition) is 0. The van der Waals surface area contributed by atoms with Crippen LogP contribution in [0.4, 0.5) is 4.79 Å². The van der Waals surface area contributed by atoms with E-state index in [1.807, 2.05) is 27.0 Å². The molecule has 0 unspecified atom stereocenters. The highest BCUT2D eigenvalue weighted by Crippen LogP contribution is 2.27. The Hall–Kier alpha value is -1.17. The van der Waals surface area contributed by atoms with E-state index in [0.717, 1.165) is 17.0 Å². The first kappa shape index (κ1) is 14.9. The van der Waals surface area contributed by atoms with Gasteiger partial charge in [0.05, 0.1) is 11.7 Å². The van der Waals surface area contributed by atoms with Gasteiger partial charge in [0.15, 0.2) is 0 Å². The van der Waals surface area contributed by atoms with Gasteiger partial charge in [0.25, 0.3) is 0 Å². The number of amides is 1. The van der Waals surface area contributed by atoms with Gasteiger partial charge >= 0.3 is 6.09 Å². The highest BCUT2D eigenvalue weighted by atomic mass is 32.2. The molecule has 0 N–H and O–H groups in total. The van der Waals surface area contributed by atoms with E-state index in [9.17, 15) is 4.79 Å². The van der Waals surface area contributed by atoms with Crippen molar-refractivity contribution in [3.63, 3.8) is 0 Å². The Morgan fingerprint density at radius 2 is 2.11 bits per heavy atom. The van der Waals surface area contributed by atoms with Gasteiger partial charge in [0.2, 0.25) is 5.88 Å². The van der Waals surface area contributed by atoms with E-state index in [2.05, 4.69) is 5.10 Å². The fourth-order valence-electron chi connectivity index (χ4n) is 1.47. The molecule has 6 heteroatoms. The molecule has 0 spiro atoms. The summed E-state index contributed by atoms with van der Waals surface area (Å²) in [5.74, 6) is 1.37. The predicted molar refractivity (Wildman–Crippen MR) is 74.3 cm³/mol. The molecule has 0 radical (unpaired) electrons. The lowest BCUT2D eigenvalue weighted by Gasteiger charge is -2.14. The minimum absolute atomic E-state index is 0.157. The molecule has 1 amide bonds. The van der Waals surface area contributed by atoms with Crippen LogP contribution in [0.5, 0.6) is 5.88 Å². The van der Waals surface area contributed by atoms with Crippen molar-refractivity contribution < 1.29 is 9.53 Å². The van der Waals surface area contributed by atoms with Gasteiger partial charge in [-0.2, -0.15) is 16.9 Å². The number of aromatic nitrogens is 2. The van der Waals surface area contributed by atoms with Gasteiger partial charge in [0, 0.05) is 25.4 Å². The van der Waals surface area contributed by atoms with Crippen molar-refractivity contribution in [1.29, 1.82) is 0 Å². The maximum Gasteiger partial charge on any atom is 0.416 e. The molecule has 0 bridgehead atoms. The standard InChI is InChI=1S/C12H21N3O2S/c1-8(2)15-11(17-12(16)14(4)5)9(3)10(13-15)7-18-6/h8H,7H2,1-6H3. The Balaban J connectivity index is 3.10. The first-order chi connectivity index (χ1) is 8.38. The lowest BCUT2D eigenvalue weighted by molar-refractivity contribution is 0.166. The summed E-state index contributed by atoms with van der Waals surface area (Å²) in [5, 5.41) is 4.51. The van der Waals surface area contributed by atoms with E-state index in [-0.39, 0.29) is 12.1 Å². The SMILES string of the molecule is CSCc1nn(C(C)C)c(OC(=O)N(C)C)c1C. The molecule has 0 aromatic carbocycles. The molecule has 0 aliphatic heterocycles. The van der Waals surface area contributed by atoms with Crippen LogP contribution in [0.1, 0.15) is 31.1 Å². The van der Waals surface area contributed by atoms with Crippen LogP contribution < -0.4 is 4.74 Å². The van der Waals surface area contributed by atoms with Crippen molar-refractivity contribution in [2.75, 3.05) is 20.4 Å². The molecular formula is C12H21N3O2S. The van der Waals surface area contributed by atoms with E-state index in [1.54, 1.807) is 30.5 Å². The summed E-state index contributed by atoms with van der Waals surface area (Å²) < 4.78 is 7.17. The zero-order chi connectivity index (χ0) is 13.9. The van der Waals surface area contributed by atoms with Gasteiger partial charge in [0.1, 0.15) is 0 Å². The number of ether oxygens (including phenoxy) is 1.